The SMILES string of the molecule is Cc1ccc(S(C)(=O)=O)cc1NC(=O)COc1cccc(Br)c1. The number of hydrogen-bond acceptors (Lipinski definition) is 4. The van der Waals surface area contributed by atoms with Gasteiger partial charge in [0.1, 0.15) is 5.75 Å². The van der Waals surface area contributed by atoms with E-state index in [2.05, 4.69) is 21.2 Å². The summed E-state index contributed by atoms with van der Waals surface area (Å²) in [5.74, 6) is 0.204. The van der Waals surface area contributed by atoms with Crippen LogP contribution in [0.4, 0.5) is 5.69 Å². The summed E-state index contributed by atoms with van der Waals surface area (Å²) in [5, 5.41) is 2.67. The third-order valence-corrected chi connectivity index (χ3v) is 4.68. The molecule has 1 N–H and O–H groups in total. The van der Waals surface area contributed by atoms with Gasteiger partial charge in [0.05, 0.1) is 4.90 Å². The number of nitrogens with one attached hydrogen (secondary N) is 1. The molecule has 0 saturated carbocycles. The third-order valence-electron chi connectivity index (χ3n) is 3.08. The summed E-state index contributed by atoms with van der Waals surface area (Å²) in [4.78, 5) is 12.1. The van der Waals surface area contributed by atoms with Crippen LogP contribution in [0.2, 0.25) is 0 Å². The van der Waals surface area contributed by atoms with Gasteiger partial charge in [0.15, 0.2) is 16.4 Å². The highest BCUT2D eigenvalue weighted by Gasteiger charge is 2.11. The van der Waals surface area contributed by atoms with Crippen molar-refractivity contribution in [3.05, 3.63) is 52.5 Å². The summed E-state index contributed by atoms with van der Waals surface area (Å²) in [6.07, 6.45) is 1.12. The van der Waals surface area contributed by atoms with Gasteiger partial charge in [0.2, 0.25) is 0 Å². The first-order chi connectivity index (χ1) is 10.8. The maximum atomic E-state index is 12.0. The average Bonchev–Trinajstić information content (AvgIpc) is 2.46. The molecule has 7 heteroatoms. The van der Waals surface area contributed by atoms with Gasteiger partial charge in [0, 0.05) is 16.4 Å². The van der Waals surface area contributed by atoms with E-state index in [9.17, 15) is 13.2 Å². The predicted octanol–water partition coefficient (Wildman–Crippen LogP) is 3.18. The highest BCUT2D eigenvalue weighted by molar-refractivity contribution is 9.10. The summed E-state index contributed by atoms with van der Waals surface area (Å²) in [7, 11) is -3.33. The number of halogens is 1. The summed E-state index contributed by atoms with van der Waals surface area (Å²) in [6, 6.07) is 11.8. The van der Waals surface area contributed by atoms with Crippen molar-refractivity contribution in [1.29, 1.82) is 0 Å². The quantitative estimate of drug-likeness (QED) is 0.840. The van der Waals surface area contributed by atoms with Crippen LogP contribution >= 0.6 is 15.9 Å². The molecule has 2 rings (SSSR count). The second-order valence-corrected chi connectivity index (χ2v) is 7.97. The lowest BCUT2D eigenvalue weighted by molar-refractivity contribution is -0.118. The number of sulfone groups is 1. The Morgan fingerprint density at radius 3 is 2.61 bits per heavy atom. The maximum absolute atomic E-state index is 12.0. The van der Waals surface area contributed by atoms with Crippen LogP contribution in [0, 0.1) is 6.92 Å². The van der Waals surface area contributed by atoms with Crippen LogP contribution in [0.15, 0.2) is 51.8 Å². The number of benzene rings is 2. The zero-order valence-corrected chi connectivity index (χ0v) is 15.1. The number of hydrogen-bond donors (Lipinski definition) is 1. The molecule has 0 aliphatic rings. The van der Waals surface area contributed by atoms with E-state index in [1.165, 1.54) is 12.1 Å². The molecule has 0 unspecified atom stereocenters. The van der Waals surface area contributed by atoms with E-state index in [0.717, 1.165) is 16.3 Å². The summed E-state index contributed by atoms with van der Waals surface area (Å²) in [5.41, 5.74) is 1.23. The topological polar surface area (TPSA) is 72.5 Å². The normalized spacial score (nSPS) is 11.1. The van der Waals surface area contributed by atoms with Crippen molar-refractivity contribution in [2.24, 2.45) is 0 Å². The van der Waals surface area contributed by atoms with Crippen molar-refractivity contribution in [3.8, 4) is 5.75 Å². The van der Waals surface area contributed by atoms with Crippen LogP contribution in [0.25, 0.3) is 0 Å². The van der Waals surface area contributed by atoms with Crippen molar-refractivity contribution < 1.29 is 17.9 Å². The summed E-state index contributed by atoms with van der Waals surface area (Å²) in [6.45, 7) is 1.62. The van der Waals surface area contributed by atoms with E-state index in [0.29, 0.717) is 11.4 Å². The number of anilines is 1. The lowest BCUT2D eigenvalue weighted by Gasteiger charge is -2.11. The van der Waals surface area contributed by atoms with Crippen molar-refractivity contribution in [1.82, 2.24) is 0 Å². The number of carbonyl (C=O) groups is 1. The lowest BCUT2D eigenvalue weighted by Crippen LogP contribution is -2.20. The summed E-state index contributed by atoms with van der Waals surface area (Å²) < 4.78 is 29.4. The van der Waals surface area contributed by atoms with Gasteiger partial charge in [-0.2, -0.15) is 0 Å². The molecule has 0 radical (unpaired) electrons. The molecule has 0 fully saturated rings. The Hall–Kier alpha value is -1.86. The Morgan fingerprint density at radius 2 is 1.96 bits per heavy atom. The number of rotatable bonds is 5. The molecule has 0 aliphatic heterocycles. The predicted molar refractivity (Wildman–Crippen MR) is 92.6 cm³/mol. The van der Waals surface area contributed by atoms with Crippen LogP contribution in [0.1, 0.15) is 5.56 Å². The second-order valence-electron chi connectivity index (χ2n) is 5.04. The number of amides is 1. The zero-order valence-electron chi connectivity index (χ0n) is 12.7. The number of carbonyl (C=O) groups excluding carboxylic acids is 1. The van der Waals surface area contributed by atoms with Gasteiger partial charge in [-0.15, -0.1) is 0 Å². The summed E-state index contributed by atoms with van der Waals surface area (Å²) >= 11 is 3.32. The zero-order chi connectivity index (χ0) is 17.0. The Kier molecular flexibility index (Phi) is 5.43. The highest BCUT2D eigenvalue weighted by atomic mass is 79.9. The van der Waals surface area contributed by atoms with Gasteiger partial charge >= 0.3 is 0 Å². The molecule has 2 aromatic carbocycles. The molecule has 2 aromatic rings. The Balaban J connectivity index is 2.05. The van der Waals surface area contributed by atoms with Gasteiger partial charge in [-0.1, -0.05) is 28.1 Å². The van der Waals surface area contributed by atoms with Crippen molar-refractivity contribution in [3.63, 3.8) is 0 Å². The smallest absolute Gasteiger partial charge is 0.262 e. The first kappa shape index (κ1) is 17.5. The van der Waals surface area contributed by atoms with E-state index in [-0.39, 0.29) is 17.4 Å². The molecule has 0 saturated heterocycles. The number of ether oxygens (including phenoxy) is 1. The molecule has 0 atom stereocenters. The van der Waals surface area contributed by atoms with Crippen LogP contribution < -0.4 is 10.1 Å². The van der Waals surface area contributed by atoms with Gasteiger partial charge in [-0.25, -0.2) is 8.42 Å². The molecule has 0 heterocycles. The third kappa shape index (κ3) is 5.07. The second kappa shape index (κ2) is 7.14. The Bertz CT molecular complexity index is 834. The fraction of sp³-hybridized carbons (Fsp3) is 0.188. The number of aryl methyl sites for hydroxylation is 1. The van der Waals surface area contributed by atoms with Crippen LogP contribution in [0.3, 0.4) is 0 Å². The average molecular weight is 398 g/mol. The largest absolute Gasteiger partial charge is 0.484 e. The molecule has 0 aromatic heterocycles. The molecule has 5 nitrogen and oxygen atoms in total. The fourth-order valence-electron chi connectivity index (χ4n) is 1.86. The molecule has 23 heavy (non-hydrogen) atoms. The van der Waals surface area contributed by atoms with Crippen molar-refractivity contribution in [2.75, 3.05) is 18.2 Å². The lowest BCUT2D eigenvalue weighted by atomic mass is 10.2. The Labute approximate surface area is 143 Å². The minimum Gasteiger partial charge on any atom is -0.484 e. The molecular formula is C16H16BrNO4S. The highest BCUT2D eigenvalue weighted by Crippen LogP contribution is 2.21. The molecule has 122 valence electrons. The van der Waals surface area contributed by atoms with E-state index < -0.39 is 9.84 Å². The molecule has 0 aliphatic carbocycles. The first-order valence-electron chi connectivity index (χ1n) is 6.74. The van der Waals surface area contributed by atoms with Crippen molar-refractivity contribution in [2.45, 2.75) is 11.8 Å². The van der Waals surface area contributed by atoms with E-state index in [4.69, 9.17) is 4.74 Å². The molecule has 0 spiro atoms. The van der Waals surface area contributed by atoms with Gasteiger partial charge < -0.3 is 10.1 Å². The van der Waals surface area contributed by atoms with E-state index in [1.54, 1.807) is 31.2 Å². The van der Waals surface area contributed by atoms with Gasteiger partial charge in [-0.3, -0.25) is 4.79 Å². The monoisotopic (exact) mass is 397 g/mol. The van der Waals surface area contributed by atoms with Crippen LogP contribution in [0.5, 0.6) is 5.75 Å². The minimum absolute atomic E-state index is 0.159. The Morgan fingerprint density at radius 1 is 1.22 bits per heavy atom. The van der Waals surface area contributed by atoms with Crippen LogP contribution in [-0.4, -0.2) is 27.2 Å². The van der Waals surface area contributed by atoms with Crippen molar-refractivity contribution >= 4 is 37.4 Å². The van der Waals surface area contributed by atoms with Gasteiger partial charge in [0.25, 0.3) is 5.91 Å². The minimum atomic E-state index is -3.33. The fourth-order valence-corrected chi connectivity index (χ4v) is 2.88. The van der Waals surface area contributed by atoms with E-state index >= 15 is 0 Å². The standard InChI is InChI=1S/C16H16BrNO4S/c1-11-6-7-14(23(2,20)21)9-15(11)18-16(19)10-22-13-5-3-4-12(17)8-13/h3-9H,10H2,1-2H3,(H,18,19). The first-order valence-corrected chi connectivity index (χ1v) is 9.43. The molecule has 0 bridgehead atoms. The van der Waals surface area contributed by atoms with Gasteiger partial charge in [-0.05, 0) is 42.8 Å². The molecular weight excluding hydrogens is 382 g/mol. The van der Waals surface area contributed by atoms with E-state index in [1.807, 2.05) is 6.07 Å². The van der Waals surface area contributed by atoms with Crippen LogP contribution in [-0.2, 0) is 14.6 Å². The maximum Gasteiger partial charge on any atom is 0.262 e. The molecule has 1 amide bonds.